The predicted octanol–water partition coefficient (Wildman–Crippen LogP) is 3.19. The highest BCUT2D eigenvalue weighted by Crippen LogP contribution is 2.20. The Morgan fingerprint density at radius 1 is 1.60 bits per heavy atom. The van der Waals surface area contributed by atoms with Crippen LogP contribution in [0, 0.1) is 12.7 Å². The van der Waals surface area contributed by atoms with Gasteiger partial charge >= 0.3 is 0 Å². The van der Waals surface area contributed by atoms with Crippen LogP contribution in [0.4, 0.5) is 4.39 Å². The van der Waals surface area contributed by atoms with Crippen LogP contribution in [-0.4, -0.2) is 11.7 Å². The van der Waals surface area contributed by atoms with Crippen molar-refractivity contribution in [1.82, 2.24) is 4.72 Å². The first-order valence-corrected chi connectivity index (χ1v) is 5.80. The van der Waals surface area contributed by atoms with Crippen LogP contribution in [0.15, 0.2) is 12.1 Å². The minimum atomic E-state index is -0.550. The average molecular weight is 248 g/mol. The second kappa shape index (κ2) is 5.37. The largest absolute Gasteiger partial charge is 0.296 e. The molecule has 0 aliphatic rings. The summed E-state index contributed by atoms with van der Waals surface area (Å²) >= 11 is 7.03. The van der Waals surface area contributed by atoms with Gasteiger partial charge in [0.05, 0.1) is 5.56 Å². The number of hydrogen-bond donors (Lipinski definition) is 1. The molecule has 0 spiro atoms. The molecule has 15 heavy (non-hydrogen) atoms. The van der Waals surface area contributed by atoms with Gasteiger partial charge in [0.2, 0.25) is 0 Å². The van der Waals surface area contributed by atoms with Gasteiger partial charge in [-0.3, -0.25) is 9.52 Å². The summed E-state index contributed by atoms with van der Waals surface area (Å²) < 4.78 is 15.9. The van der Waals surface area contributed by atoms with Crippen LogP contribution in [0.5, 0.6) is 0 Å². The summed E-state index contributed by atoms with van der Waals surface area (Å²) in [5.41, 5.74) is 0.598. The van der Waals surface area contributed by atoms with Crippen LogP contribution >= 0.6 is 23.5 Å². The number of amides is 1. The van der Waals surface area contributed by atoms with Crippen LogP contribution in [0.2, 0.25) is 5.02 Å². The van der Waals surface area contributed by atoms with Gasteiger partial charge in [0, 0.05) is 10.8 Å². The standard InChI is InChI=1S/C10H11ClFNOS/c1-3-15-13-10(14)7-5-8(11)6(2)4-9(7)12/h4-5H,3H2,1-2H3,(H,13,14). The summed E-state index contributed by atoms with van der Waals surface area (Å²) in [7, 11) is 0. The van der Waals surface area contributed by atoms with Crippen molar-refractivity contribution in [2.24, 2.45) is 0 Å². The smallest absolute Gasteiger partial charge is 0.264 e. The van der Waals surface area contributed by atoms with Gasteiger partial charge in [-0.25, -0.2) is 4.39 Å². The molecule has 0 saturated heterocycles. The molecule has 0 heterocycles. The molecule has 1 aromatic rings. The highest BCUT2D eigenvalue weighted by atomic mass is 35.5. The molecule has 0 atom stereocenters. The Morgan fingerprint density at radius 3 is 2.87 bits per heavy atom. The normalized spacial score (nSPS) is 10.1. The lowest BCUT2D eigenvalue weighted by molar-refractivity contribution is 0.0980. The molecular weight excluding hydrogens is 237 g/mol. The summed E-state index contributed by atoms with van der Waals surface area (Å²) in [5.74, 6) is -0.278. The first kappa shape index (κ1) is 12.3. The summed E-state index contributed by atoms with van der Waals surface area (Å²) in [6.07, 6.45) is 0. The molecule has 0 bridgehead atoms. The van der Waals surface area contributed by atoms with E-state index in [9.17, 15) is 9.18 Å². The molecule has 1 aromatic carbocycles. The van der Waals surface area contributed by atoms with Gasteiger partial charge in [-0.05, 0) is 24.6 Å². The molecule has 2 nitrogen and oxygen atoms in total. The van der Waals surface area contributed by atoms with Crippen LogP contribution < -0.4 is 4.72 Å². The van der Waals surface area contributed by atoms with Gasteiger partial charge in [0.1, 0.15) is 5.82 Å². The maximum absolute atomic E-state index is 13.4. The van der Waals surface area contributed by atoms with Gasteiger partial charge in [-0.1, -0.05) is 30.5 Å². The van der Waals surface area contributed by atoms with Crippen molar-refractivity contribution in [3.05, 3.63) is 34.1 Å². The van der Waals surface area contributed by atoms with Crippen LogP contribution in [0.25, 0.3) is 0 Å². The fraction of sp³-hybridized carbons (Fsp3) is 0.300. The van der Waals surface area contributed by atoms with Crippen LogP contribution in [0.1, 0.15) is 22.8 Å². The van der Waals surface area contributed by atoms with Gasteiger partial charge in [-0.15, -0.1) is 0 Å². The van der Waals surface area contributed by atoms with Crippen LogP contribution in [0.3, 0.4) is 0 Å². The molecule has 0 aliphatic heterocycles. The Hall–Kier alpha value is -0.740. The molecule has 1 amide bonds. The number of nitrogens with one attached hydrogen (secondary N) is 1. The highest BCUT2D eigenvalue weighted by molar-refractivity contribution is 7.97. The maximum Gasteiger partial charge on any atom is 0.264 e. The monoisotopic (exact) mass is 247 g/mol. The number of carbonyl (C=O) groups excluding carboxylic acids is 1. The van der Waals surface area contributed by atoms with Gasteiger partial charge < -0.3 is 0 Å². The first-order valence-electron chi connectivity index (χ1n) is 4.44. The molecule has 0 saturated carbocycles. The minimum absolute atomic E-state index is 0.0217. The number of halogens is 2. The summed E-state index contributed by atoms with van der Waals surface area (Å²) in [5, 5.41) is 0.392. The fourth-order valence-corrected chi connectivity index (χ4v) is 1.56. The molecule has 0 aromatic heterocycles. The molecule has 0 radical (unpaired) electrons. The number of hydrogen-bond acceptors (Lipinski definition) is 2. The average Bonchev–Trinajstić information content (AvgIpc) is 2.20. The van der Waals surface area contributed by atoms with Crippen molar-refractivity contribution in [2.45, 2.75) is 13.8 Å². The van der Waals surface area contributed by atoms with E-state index in [1.165, 1.54) is 24.1 Å². The van der Waals surface area contributed by atoms with E-state index in [2.05, 4.69) is 4.72 Å². The zero-order valence-corrected chi connectivity index (χ0v) is 10.0. The quantitative estimate of drug-likeness (QED) is 0.832. The zero-order valence-electron chi connectivity index (χ0n) is 8.43. The van der Waals surface area contributed by atoms with Gasteiger partial charge in [0.25, 0.3) is 5.91 Å². The van der Waals surface area contributed by atoms with E-state index in [1.54, 1.807) is 6.92 Å². The summed E-state index contributed by atoms with van der Waals surface area (Å²) in [6, 6.07) is 2.60. The minimum Gasteiger partial charge on any atom is -0.296 e. The third kappa shape index (κ3) is 3.11. The number of benzene rings is 1. The van der Waals surface area contributed by atoms with Crippen molar-refractivity contribution in [3.8, 4) is 0 Å². The maximum atomic E-state index is 13.4. The van der Waals surface area contributed by atoms with Crippen molar-refractivity contribution < 1.29 is 9.18 Å². The Labute approximate surface area is 97.3 Å². The topological polar surface area (TPSA) is 29.1 Å². The molecular formula is C10H11ClFNOS. The first-order chi connectivity index (χ1) is 7.06. The van der Waals surface area contributed by atoms with E-state index in [-0.39, 0.29) is 5.56 Å². The third-order valence-corrected chi connectivity index (χ3v) is 2.83. The Kier molecular flexibility index (Phi) is 4.42. The molecule has 0 fully saturated rings. The molecule has 82 valence electrons. The Balaban J connectivity index is 2.94. The summed E-state index contributed by atoms with van der Waals surface area (Å²) in [6.45, 7) is 3.58. The van der Waals surface area contributed by atoms with Gasteiger partial charge in [-0.2, -0.15) is 0 Å². The molecule has 5 heteroatoms. The van der Waals surface area contributed by atoms with E-state index in [1.807, 2.05) is 6.92 Å². The van der Waals surface area contributed by atoms with Crippen LogP contribution in [-0.2, 0) is 0 Å². The van der Waals surface area contributed by atoms with Crippen molar-refractivity contribution >= 4 is 29.5 Å². The third-order valence-electron chi connectivity index (χ3n) is 1.80. The van der Waals surface area contributed by atoms with E-state index < -0.39 is 11.7 Å². The number of carbonyl (C=O) groups is 1. The summed E-state index contributed by atoms with van der Waals surface area (Å²) in [4.78, 5) is 11.5. The Bertz CT molecular complexity index is 384. The lowest BCUT2D eigenvalue weighted by Crippen LogP contribution is -2.17. The Morgan fingerprint density at radius 2 is 2.27 bits per heavy atom. The lowest BCUT2D eigenvalue weighted by Gasteiger charge is -2.06. The molecule has 1 N–H and O–H groups in total. The molecule has 0 aliphatic carbocycles. The van der Waals surface area contributed by atoms with E-state index in [4.69, 9.17) is 11.6 Å². The van der Waals surface area contributed by atoms with Gasteiger partial charge in [0.15, 0.2) is 0 Å². The van der Waals surface area contributed by atoms with Crippen molar-refractivity contribution in [3.63, 3.8) is 0 Å². The number of aryl methyl sites for hydroxylation is 1. The van der Waals surface area contributed by atoms with Crippen molar-refractivity contribution in [2.75, 3.05) is 5.75 Å². The van der Waals surface area contributed by atoms with E-state index in [0.717, 1.165) is 5.75 Å². The fourth-order valence-electron chi connectivity index (χ4n) is 1.01. The number of rotatable bonds is 3. The highest BCUT2D eigenvalue weighted by Gasteiger charge is 2.13. The zero-order chi connectivity index (χ0) is 11.4. The van der Waals surface area contributed by atoms with Crippen molar-refractivity contribution in [1.29, 1.82) is 0 Å². The SMILES string of the molecule is CCSNC(=O)c1cc(Cl)c(C)cc1F. The van der Waals surface area contributed by atoms with E-state index >= 15 is 0 Å². The van der Waals surface area contributed by atoms with E-state index in [0.29, 0.717) is 10.6 Å². The molecule has 0 unspecified atom stereocenters. The molecule has 1 rings (SSSR count). The second-order valence-electron chi connectivity index (χ2n) is 2.95. The lowest BCUT2D eigenvalue weighted by atomic mass is 10.1. The predicted molar refractivity (Wildman–Crippen MR) is 61.7 cm³/mol. The second-order valence-corrected chi connectivity index (χ2v) is 4.42.